The predicted octanol–water partition coefficient (Wildman–Crippen LogP) is 3.05. The summed E-state index contributed by atoms with van der Waals surface area (Å²) in [4.78, 5) is 15.8. The van der Waals surface area contributed by atoms with Crippen molar-refractivity contribution in [3.63, 3.8) is 0 Å². The number of hydrogen-bond acceptors (Lipinski definition) is 3. The van der Waals surface area contributed by atoms with Gasteiger partial charge in [-0.1, -0.05) is 17.7 Å². The second kappa shape index (κ2) is 7.85. The Balaban J connectivity index is 1.89. The van der Waals surface area contributed by atoms with Crippen LogP contribution in [0.5, 0.6) is 0 Å². The molecule has 2 rings (SSSR count). The average molecular weight is 335 g/mol. The van der Waals surface area contributed by atoms with Crippen LogP contribution in [0.15, 0.2) is 42.7 Å². The van der Waals surface area contributed by atoms with Gasteiger partial charge < -0.3 is 10.4 Å². The van der Waals surface area contributed by atoms with Crippen molar-refractivity contribution in [2.75, 3.05) is 6.54 Å². The maximum atomic E-state index is 13.3. The molecular formula is C17H16ClFN2O2. The third-order valence-corrected chi connectivity index (χ3v) is 3.43. The lowest BCUT2D eigenvalue weighted by molar-refractivity contribution is -0.116. The molecule has 0 saturated heterocycles. The van der Waals surface area contributed by atoms with Crippen LogP contribution in [0.25, 0.3) is 6.08 Å². The average Bonchev–Trinajstić information content (AvgIpc) is 2.53. The van der Waals surface area contributed by atoms with Gasteiger partial charge in [0.2, 0.25) is 5.91 Å². The number of carbonyl (C=O) groups excluding carboxylic acids is 1. The highest BCUT2D eigenvalue weighted by Gasteiger charge is 2.10. The van der Waals surface area contributed by atoms with E-state index in [9.17, 15) is 14.3 Å². The van der Waals surface area contributed by atoms with Crippen LogP contribution in [0.4, 0.5) is 4.39 Å². The maximum Gasteiger partial charge on any atom is 0.244 e. The lowest BCUT2D eigenvalue weighted by Crippen LogP contribution is -2.26. The normalized spacial score (nSPS) is 12.3. The molecule has 2 aromatic rings. The number of rotatable bonds is 5. The molecule has 0 aliphatic carbocycles. The van der Waals surface area contributed by atoms with E-state index in [1.54, 1.807) is 18.5 Å². The Bertz CT molecular complexity index is 734. The minimum absolute atomic E-state index is 0.0142. The molecule has 0 bridgehead atoms. The van der Waals surface area contributed by atoms with Crippen LogP contribution in [-0.4, -0.2) is 22.5 Å². The van der Waals surface area contributed by atoms with E-state index in [1.165, 1.54) is 18.2 Å². The molecule has 2 N–H and O–H groups in total. The van der Waals surface area contributed by atoms with Gasteiger partial charge in [0.15, 0.2) is 0 Å². The molecule has 0 radical (unpaired) electrons. The molecule has 0 saturated carbocycles. The van der Waals surface area contributed by atoms with Gasteiger partial charge in [0, 0.05) is 25.0 Å². The monoisotopic (exact) mass is 334 g/mol. The first-order valence-corrected chi connectivity index (χ1v) is 7.34. The number of benzene rings is 1. The van der Waals surface area contributed by atoms with Crippen LogP contribution < -0.4 is 5.32 Å². The fourth-order valence-corrected chi connectivity index (χ4v) is 2.05. The number of pyridine rings is 1. The lowest BCUT2D eigenvalue weighted by atomic mass is 10.1. The van der Waals surface area contributed by atoms with Gasteiger partial charge in [-0.15, -0.1) is 0 Å². The summed E-state index contributed by atoms with van der Waals surface area (Å²) in [6.45, 7) is 1.88. The van der Waals surface area contributed by atoms with Crippen LogP contribution >= 0.6 is 11.6 Å². The highest BCUT2D eigenvalue weighted by atomic mass is 35.5. The zero-order chi connectivity index (χ0) is 16.8. The molecule has 0 aliphatic rings. The Labute approximate surface area is 138 Å². The fourth-order valence-electron chi connectivity index (χ4n) is 1.94. The van der Waals surface area contributed by atoms with Crippen LogP contribution in [-0.2, 0) is 4.79 Å². The van der Waals surface area contributed by atoms with Crippen molar-refractivity contribution in [1.82, 2.24) is 10.3 Å². The molecule has 0 aliphatic heterocycles. The minimum atomic E-state index is -1.01. The SMILES string of the molecule is Cc1cncc(/C=C/C(=O)NCC(O)c2ccc(Cl)c(F)c2)c1. The van der Waals surface area contributed by atoms with E-state index in [-0.39, 0.29) is 17.5 Å². The van der Waals surface area contributed by atoms with Gasteiger partial charge in [-0.2, -0.15) is 0 Å². The maximum absolute atomic E-state index is 13.3. The number of aliphatic hydroxyl groups excluding tert-OH is 1. The minimum Gasteiger partial charge on any atom is -0.387 e. The van der Waals surface area contributed by atoms with E-state index >= 15 is 0 Å². The van der Waals surface area contributed by atoms with Crippen molar-refractivity contribution >= 4 is 23.6 Å². The Hall–Kier alpha value is -2.24. The van der Waals surface area contributed by atoms with Crippen LogP contribution in [0.2, 0.25) is 5.02 Å². The topological polar surface area (TPSA) is 62.2 Å². The van der Waals surface area contributed by atoms with Gasteiger partial charge in [0.05, 0.1) is 11.1 Å². The third-order valence-electron chi connectivity index (χ3n) is 3.12. The second-order valence-electron chi connectivity index (χ2n) is 5.06. The Kier molecular flexibility index (Phi) is 5.84. The number of halogens is 2. The Morgan fingerprint density at radius 2 is 2.22 bits per heavy atom. The first kappa shape index (κ1) is 17.1. The van der Waals surface area contributed by atoms with Crippen LogP contribution in [0, 0.1) is 12.7 Å². The summed E-state index contributed by atoms with van der Waals surface area (Å²) >= 11 is 5.58. The number of aromatic nitrogens is 1. The first-order chi connectivity index (χ1) is 11.0. The van der Waals surface area contributed by atoms with Crippen molar-refractivity contribution < 1.29 is 14.3 Å². The van der Waals surface area contributed by atoms with Gasteiger partial charge in [0.25, 0.3) is 0 Å². The predicted molar refractivity (Wildman–Crippen MR) is 87.4 cm³/mol. The van der Waals surface area contributed by atoms with E-state index in [4.69, 9.17) is 11.6 Å². The van der Waals surface area contributed by atoms with Gasteiger partial charge in [-0.25, -0.2) is 4.39 Å². The second-order valence-corrected chi connectivity index (χ2v) is 5.47. The molecule has 23 heavy (non-hydrogen) atoms. The standard InChI is InChI=1S/C17H16ClFN2O2/c1-11-6-12(9-20-8-11)2-5-17(23)21-10-16(22)13-3-4-14(18)15(19)7-13/h2-9,16,22H,10H2,1H3,(H,21,23)/b5-2+. The van der Waals surface area contributed by atoms with Crippen molar-refractivity contribution in [3.05, 3.63) is 70.3 Å². The zero-order valence-electron chi connectivity index (χ0n) is 12.5. The van der Waals surface area contributed by atoms with Crippen molar-refractivity contribution in [1.29, 1.82) is 0 Å². The first-order valence-electron chi connectivity index (χ1n) is 6.96. The molecule has 1 aromatic heterocycles. The molecular weight excluding hydrogens is 319 g/mol. The molecule has 1 unspecified atom stereocenters. The largest absolute Gasteiger partial charge is 0.387 e. The van der Waals surface area contributed by atoms with Gasteiger partial charge in [0.1, 0.15) is 5.82 Å². The molecule has 6 heteroatoms. The van der Waals surface area contributed by atoms with E-state index in [0.717, 1.165) is 17.2 Å². The lowest BCUT2D eigenvalue weighted by Gasteiger charge is -2.11. The number of amides is 1. The van der Waals surface area contributed by atoms with Gasteiger partial charge >= 0.3 is 0 Å². The number of aliphatic hydroxyl groups is 1. The van der Waals surface area contributed by atoms with Crippen molar-refractivity contribution in [2.24, 2.45) is 0 Å². The molecule has 1 amide bonds. The quantitative estimate of drug-likeness (QED) is 0.826. The molecule has 1 atom stereocenters. The highest BCUT2D eigenvalue weighted by molar-refractivity contribution is 6.30. The summed E-state index contributed by atoms with van der Waals surface area (Å²) in [5, 5.41) is 12.5. The number of carbonyl (C=O) groups is 1. The fraction of sp³-hybridized carbons (Fsp3) is 0.176. The number of hydrogen-bond donors (Lipinski definition) is 2. The molecule has 1 heterocycles. The van der Waals surface area contributed by atoms with Crippen molar-refractivity contribution in [2.45, 2.75) is 13.0 Å². The smallest absolute Gasteiger partial charge is 0.244 e. The number of nitrogens with one attached hydrogen (secondary N) is 1. The van der Waals surface area contributed by atoms with Crippen LogP contribution in [0.3, 0.4) is 0 Å². The van der Waals surface area contributed by atoms with E-state index in [2.05, 4.69) is 10.3 Å². The van der Waals surface area contributed by atoms with Crippen LogP contribution in [0.1, 0.15) is 22.8 Å². The van der Waals surface area contributed by atoms with Crippen molar-refractivity contribution in [3.8, 4) is 0 Å². The molecule has 1 aromatic carbocycles. The summed E-state index contributed by atoms with van der Waals surface area (Å²) in [6, 6.07) is 5.91. The van der Waals surface area contributed by atoms with Gasteiger partial charge in [-0.3, -0.25) is 9.78 Å². The number of aryl methyl sites for hydroxylation is 1. The highest BCUT2D eigenvalue weighted by Crippen LogP contribution is 2.19. The molecule has 0 spiro atoms. The Morgan fingerprint density at radius 1 is 1.43 bits per heavy atom. The third kappa shape index (κ3) is 5.16. The summed E-state index contributed by atoms with van der Waals surface area (Å²) in [5.41, 5.74) is 2.15. The molecule has 0 fully saturated rings. The van der Waals surface area contributed by atoms with E-state index in [0.29, 0.717) is 5.56 Å². The summed E-state index contributed by atoms with van der Waals surface area (Å²) in [7, 11) is 0. The zero-order valence-corrected chi connectivity index (χ0v) is 13.2. The summed E-state index contributed by atoms with van der Waals surface area (Å²) < 4.78 is 13.3. The van der Waals surface area contributed by atoms with E-state index in [1.807, 2.05) is 13.0 Å². The number of nitrogens with zero attached hydrogens (tertiary/aromatic N) is 1. The Morgan fingerprint density at radius 3 is 2.91 bits per heavy atom. The molecule has 4 nitrogen and oxygen atoms in total. The summed E-state index contributed by atoms with van der Waals surface area (Å²) in [5.74, 6) is -0.971. The molecule has 120 valence electrons. The summed E-state index contributed by atoms with van der Waals surface area (Å²) in [6.07, 6.45) is 5.33. The van der Waals surface area contributed by atoms with E-state index < -0.39 is 11.9 Å². The van der Waals surface area contributed by atoms with Gasteiger partial charge in [-0.05, 0) is 47.9 Å².